The number of rotatable bonds is 2. The quantitative estimate of drug-likeness (QED) is 0.858. The maximum atomic E-state index is 12.1. The summed E-state index contributed by atoms with van der Waals surface area (Å²) in [5.41, 5.74) is 1.60. The molecule has 3 rings (SSSR count). The minimum atomic E-state index is -2.97. The van der Waals surface area contributed by atoms with Crippen LogP contribution in [0.2, 0.25) is 0 Å². The average molecular weight is 281 g/mol. The number of nitrogens with one attached hydrogen (secondary N) is 1. The predicted molar refractivity (Wildman–Crippen MR) is 70.2 cm³/mol. The smallest absolute Gasteiger partial charge is 0.251 e. The zero-order valence-corrected chi connectivity index (χ0v) is 11.2. The van der Waals surface area contributed by atoms with E-state index in [0.29, 0.717) is 18.6 Å². The third-order valence-corrected chi connectivity index (χ3v) is 5.29. The van der Waals surface area contributed by atoms with Gasteiger partial charge in [-0.05, 0) is 30.2 Å². The van der Waals surface area contributed by atoms with Gasteiger partial charge in [-0.3, -0.25) is 4.79 Å². The standard InChI is InChI=1S/C13H15NO4S/c15-13(14-11-4-6-19(16,17)8-11)10-1-2-12-9(7-10)3-5-18-12/h1-2,7,11H,3-6,8H2,(H,14,15). The van der Waals surface area contributed by atoms with Crippen molar-refractivity contribution in [1.82, 2.24) is 5.32 Å². The van der Waals surface area contributed by atoms with E-state index in [-0.39, 0.29) is 23.5 Å². The third-order valence-electron chi connectivity index (χ3n) is 3.52. The highest BCUT2D eigenvalue weighted by Crippen LogP contribution is 2.26. The summed E-state index contributed by atoms with van der Waals surface area (Å²) in [5.74, 6) is 0.833. The molecule has 102 valence electrons. The Morgan fingerprint density at radius 1 is 1.37 bits per heavy atom. The van der Waals surface area contributed by atoms with Gasteiger partial charge in [0.15, 0.2) is 9.84 Å². The molecule has 2 heterocycles. The summed E-state index contributed by atoms with van der Waals surface area (Å²) < 4.78 is 28.1. The first-order chi connectivity index (χ1) is 9.03. The zero-order valence-electron chi connectivity index (χ0n) is 10.4. The molecule has 2 aliphatic rings. The molecule has 19 heavy (non-hydrogen) atoms. The van der Waals surface area contributed by atoms with Crippen molar-refractivity contribution in [2.24, 2.45) is 0 Å². The Hall–Kier alpha value is -1.56. The van der Waals surface area contributed by atoms with E-state index in [2.05, 4.69) is 5.32 Å². The molecule has 1 fully saturated rings. The van der Waals surface area contributed by atoms with Crippen LogP contribution in [0.25, 0.3) is 0 Å². The van der Waals surface area contributed by atoms with Crippen LogP contribution >= 0.6 is 0 Å². The first-order valence-corrected chi connectivity index (χ1v) is 8.13. The van der Waals surface area contributed by atoms with Gasteiger partial charge < -0.3 is 10.1 Å². The molecule has 0 bridgehead atoms. The highest BCUT2D eigenvalue weighted by atomic mass is 32.2. The van der Waals surface area contributed by atoms with Gasteiger partial charge in [0.05, 0.1) is 18.1 Å². The molecule has 0 saturated carbocycles. The van der Waals surface area contributed by atoms with E-state index >= 15 is 0 Å². The summed E-state index contributed by atoms with van der Waals surface area (Å²) >= 11 is 0. The number of hydrogen-bond acceptors (Lipinski definition) is 4. The summed E-state index contributed by atoms with van der Waals surface area (Å²) in [7, 11) is -2.97. The van der Waals surface area contributed by atoms with Crippen molar-refractivity contribution < 1.29 is 17.9 Å². The van der Waals surface area contributed by atoms with E-state index in [0.717, 1.165) is 17.7 Å². The van der Waals surface area contributed by atoms with Gasteiger partial charge >= 0.3 is 0 Å². The van der Waals surface area contributed by atoms with Gasteiger partial charge in [0, 0.05) is 18.0 Å². The van der Waals surface area contributed by atoms with Gasteiger partial charge in [-0.15, -0.1) is 0 Å². The molecule has 1 aromatic carbocycles. The Morgan fingerprint density at radius 2 is 2.21 bits per heavy atom. The lowest BCUT2D eigenvalue weighted by atomic mass is 10.1. The minimum absolute atomic E-state index is 0.0484. The van der Waals surface area contributed by atoms with Crippen LogP contribution in [0, 0.1) is 0 Å². The van der Waals surface area contributed by atoms with E-state index in [4.69, 9.17) is 4.74 Å². The Labute approximate surface area is 111 Å². The van der Waals surface area contributed by atoms with Crippen molar-refractivity contribution in [2.75, 3.05) is 18.1 Å². The molecule has 0 aliphatic carbocycles. The third kappa shape index (κ3) is 2.58. The topological polar surface area (TPSA) is 72.5 Å². The lowest BCUT2D eigenvalue weighted by Crippen LogP contribution is -2.35. The first-order valence-electron chi connectivity index (χ1n) is 6.30. The van der Waals surface area contributed by atoms with Crippen LogP contribution in [0.4, 0.5) is 0 Å². The van der Waals surface area contributed by atoms with Gasteiger partial charge in [-0.2, -0.15) is 0 Å². The number of fused-ring (bicyclic) bond motifs is 1. The Kier molecular flexibility index (Phi) is 2.97. The number of ether oxygens (including phenoxy) is 1. The minimum Gasteiger partial charge on any atom is -0.493 e. The number of hydrogen-bond donors (Lipinski definition) is 1. The highest BCUT2D eigenvalue weighted by molar-refractivity contribution is 7.91. The monoisotopic (exact) mass is 281 g/mol. The van der Waals surface area contributed by atoms with Gasteiger partial charge in [0.25, 0.3) is 5.91 Å². The fraction of sp³-hybridized carbons (Fsp3) is 0.462. The number of amides is 1. The number of carbonyl (C=O) groups excluding carboxylic acids is 1. The Morgan fingerprint density at radius 3 is 2.95 bits per heavy atom. The molecule has 0 spiro atoms. The van der Waals surface area contributed by atoms with E-state index in [1.807, 2.05) is 6.07 Å². The molecule has 0 aromatic heterocycles. The molecule has 1 atom stereocenters. The number of sulfone groups is 1. The largest absolute Gasteiger partial charge is 0.493 e. The van der Waals surface area contributed by atoms with Crippen LogP contribution in [-0.4, -0.2) is 38.5 Å². The Bertz CT molecular complexity index is 624. The molecular weight excluding hydrogens is 266 g/mol. The average Bonchev–Trinajstić information content (AvgIpc) is 2.94. The second kappa shape index (κ2) is 4.52. The molecule has 1 saturated heterocycles. The van der Waals surface area contributed by atoms with Gasteiger partial charge in [0.1, 0.15) is 5.75 Å². The lowest BCUT2D eigenvalue weighted by molar-refractivity contribution is 0.0941. The van der Waals surface area contributed by atoms with Crippen molar-refractivity contribution in [2.45, 2.75) is 18.9 Å². The molecule has 1 N–H and O–H groups in total. The van der Waals surface area contributed by atoms with Crippen molar-refractivity contribution in [3.8, 4) is 5.75 Å². The molecule has 2 aliphatic heterocycles. The van der Waals surface area contributed by atoms with Crippen LogP contribution in [0.5, 0.6) is 5.75 Å². The predicted octanol–water partition coefficient (Wildman–Crippen LogP) is 0.538. The van der Waals surface area contributed by atoms with E-state index in [9.17, 15) is 13.2 Å². The van der Waals surface area contributed by atoms with Crippen molar-refractivity contribution in [1.29, 1.82) is 0 Å². The van der Waals surface area contributed by atoms with Crippen LogP contribution in [-0.2, 0) is 16.3 Å². The second-order valence-electron chi connectivity index (χ2n) is 4.99. The second-order valence-corrected chi connectivity index (χ2v) is 7.22. The first kappa shape index (κ1) is 12.5. The summed E-state index contributed by atoms with van der Waals surface area (Å²) in [6.45, 7) is 0.654. The van der Waals surface area contributed by atoms with E-state index < -0.39 is 9.84 Å². The molecular formula is C13H15NO4S. The zero-order chi connectivity index (χ0) is 13.5. The lowest BCUT2D eigenvalue weighted by Gasteiger charge is -2.11. The Balaban J connectivity index is 1.71. The summed E-state index contributed by atoms with van der Waals surface area (Å²) in [6.07, 6.45) is 1.32. The van der Waals surface area contributed by atoms with Crippen LogP contribution in [0.1, 0.15) is 22.3 Å². The fourth-order valence-electron chi connectivity index (χ4n) is 2.51. The number of carbonyl (C=O) groups is 1. The maximum absolute atomic E-state index is 12.1. The van der Waals surface area contributed by atoms with E-state index in [1.165, 1.54) is 0 Å². The molecule has 6 heteroatoms. The summed E-state index contributed by atoms with van der Waals surface area (Å²) in [5, 5.41) is 2.78. The highest BCUT2D eigenvalue weighted by Gasteiger charge is 2.29. The van der Waals surface area contributed by atoms with Crippen molar-refractivity contribution in [3.05, 3.63) is 29.3 Å². The maximum Gasteiger partial charge on any atom is 0.251 e. The molecule has 1 unspecified atom stereocenters. The SMILES string of the molecule is O=C(NC1CCS(=O)(=O)C1)c1ccc2c(c1)CCO2. The van der Waals surface area contributed by atoms with Crippen LogP contribution in [0.3, 0.4) is 0 Å². The van der Waals surface area contributed by atoms with Crippen molar-refractivity contribution >= 4 is 15.7 Å². The fourth-order valence-corrected chi connectivity index (χ4v) is 4.18. The van der Waals surface area contributed by atoms with Gasteiger partial charge in [0.2, 0.25) is 0 Å². The van der Waals surface area contributed by atoms with Gasteiger partial charge in [-0.1, -0.05) is 0 Å². The molecule has 0 radical (unpaired) electrons. The summed E-state index contributed by atoms with van der Waals surface area (Å²) in [6, 6.07) is 5.06. The van der Waals surface area contributed by atoms with Crippen LogP contribution < -0.4 is 10.1 Å². The molecule has 5 nitrogen and oxygen atoms in total. The van der Waals surface area contributed by atoms with Crippen LogP contribution in [0.15, 0.2) is 18.2 Å². The number of benzene rings is 1. The van der Waals surface area contributed by atoms with Gasteiger partial charge in [-0.25, -0.2) is 8.42 Å². The van der Waals surface area contributed by atoms with Crippen molar-refractivity contribution in [3.63, 3.8) is 0 Å². The molecule has 1 aromatic rings. The summed E-state index contributed by atoms with van der Waals surface area (Å²) in [4.78, 5) is 12.1. The van der Waals surface area contributed by atoms with E-state index in [1.54, 1.807) is 12.1 Å². The normalized spacial score (nSPS) is 23.7. The molecule has 1 amide bonds.